The Morgan fingerprint density at radius 2 is 1.95 bits per heavy atom. The summed E-state index contributed by atoms with van der Waals surface area (Å²) in [6.45, 7) is 5.17. The van der Waals surface area contributed by atoms with Gasteiger partial charge >= 0.3 is 0 Å². The predicted octanol–water partition coefficient (Wildman–Crippen LogP) is 3.13. The van der Waals surface area contributed by atoms with Gasteiger partial charge in [0.2, 0.25) is 5.43 Å². The number of rotatable bonds is 5. The van der Waals surface area contributed by atoms with Crippen LogP contribution in [-0.2, 0) is 6.54 Å². The molecule has 0 saturated carbocycles. The third kappa shape index (κ3) is 2.68. The van der Waals surface area contributed by atoms with Crippen molar-refractivity contribution in [2.24, 2.45) is 5.41 Å². The van der Waals surface area contributed by atoms with Crippen LogP contribution in [0.25, 0.3) is 10.9 Å². The van der Waals surface area contributed by atoms with Crippen LogP contribution >= 0.6 is 12.6 Å². The molecule has 1 aromatic carbocycles. The van der Waals surface area contributed by atoms with E-state index in [1.165, 1.54) is 6.20 Å². The number of fused-ring (bicyclic) bond motifs is 1. The number of nitrogens with zero attached hydrogens (tertiary/aromatic N) is 2. The number of para-hydroxylation sites is 1. The lowest BCUT2D eigenvalue weighted by Crippen LogP contribution is -2.29. The summed E-state index contributed by atoms with van der Waals surface area (Å²) in [6, 6.07) is 7.65. The van der Waals surface area contributed by atoms with E-state index in [0.717, 1.165) is 36.0 Å². The lowest BCUT2D eigenvalue weighted by atomic mass is 9.84. The van der Waals surface area contributed by atoms with Crippen molar-refractivity contribution in [3.63, 3.8) is 0 Å². The van der Waals surface area contributed by atoms with E-state index in [4.69, 9.17) is 0 Å². The van der Waals surface area contributed by atoms with Crippen LogP contribution in [0.3, 0.4) is 0 Å². The van der Waals surface area contributed by atoms with E-state index in [-0.39, 0.29) is 10.8 Å². The van der Waals surface area contributed by atoms with Crippen molar-refractivity contribution in [3.05, 3.63) is 40.7 Å². The zero-order chi connectivity index (χ0) is 13.9. The Hall–Kier alpha value is -1.29. The Labute approximate surface area is 119 Å². The van der Waals surface area contributed by atoms with Crippen molar-refractivity contribution in [1.82, 2.24) is 9.78 Å². The van der Waals surface area contributed by atoms with Crippen LogP contribution in [-0.4, -0.2) is 15.5 Å². The molecule has 0 amide bonds. The van der Waals surface area contributed by atoms with Crippen molar-refractivity contribution in [3.8, 4) is 0 Å². The van der Waals surface area contributed by atoms with Gasteiger partial charge in [-0.05, 0) is 36.1 Å². The molecule has 1 aromatic heterocycles. The van der Waals surface area contributed by atoms with Crippen LogP contribution in [0.2, 0.25) is 0 Å². The molecule has 0 atom stereocenters. The van der Waals surface area contributed by atoms with Gasteiger partial charge in [-0.25, -0.2) is 0 Å². The van der Waals surface area contributed by atoms with Crippen LogP contribution in [0.4, 0.5) is 0 Å². The summed E-state index contributed by atoms with van der Waals surface area (Å²) in [5.41, 5.74) is 1.02. The van der Waals surface area contributed by atoms with Crippen LogP contribution < -0.4 is 5.43 Å². The maximum absolute atomic E-state index is 11.8. The van der Waals surface area contributed by atoms with Gasteiger partial charge in [0.15, 0.2) is 0 Å². The standard InChI is InChI=1S/C15H20N2OS/c1-3-15(4-2,11-19)10-17-13-8-6-5-7-12(13)14(18)9-16-17/h5-9,19H,3-4,10-11H2,1-2H3. The van der Waals surface area contributed by atoms with Crippen LogP contribution in [0.1, 0.15) is 26.7 Å². The molecule has 0 fully saturated rings. The Morgan fingerprint density at radius 1 is 1.26 bits per heavy atom. The molecule has 0 aliphatic rings. The van der Waals surface area contributed by atoms with Crippen LogP contribution in [0.5, 0.6) is 0 Å². The minimum absolute atomic E-state index is 0.0173. The van der Waals surface area contributed by atoms with E-state index in [9.17, 15) is 4.79 Å². The van der Waals surface area contributed by atoms with E-state index in [2.05, 4.69) is 31.6 Å². The molecular weight excluding hydrogens is 256 g/mol. The highest BCUT2D eigenvalue weighted by Gasteiger charge is 2.25. The third-order valence-electron chi connectivity index (χ3n) is 4.08. The minimum Gasteiger partial charge on any atom is -0.287 e. The van der Waals surface area contributed by atoms with E-state index in [0.29, 0.717) is 0 Å². The minimum atomic E-state index is -0.0173. The smallest absolute Gasteiger partial charge is 0.207 e. The van der Waals surface area contributed by atoms with E-state index < -0.39 is 0 Å². The molecule has 4 heteroatoms. The van der Waals surface area contributed by atoms with Crippen LogP contribution in [0.15, 0.2) is 35.3 Å². The molecule has 2 rings (SSSR count). The molecule has 3 nitrogen and oxygen atoms in total. The second kappa shape index (κ2) is 5.78. The summed E-state index contributed by atoms with van der Waals surface area (Å²) in [6.07, 6.45) is 3.52. The normalized spacial score (nSPS) is 11.9. The van der Waals surface area contributed by atoms with Gasteiger partial charge in [0.1, 0.15) is 0 Å². The molecule has 0 radical (unpaired) electrons. The zero-order valence-electron chi connectivity index (χ0n) is 11.5. The molecule has 0 aliphatic carbocycles. The van der Waals surface area contributed by atoms with Gasteiger partial charge in [0.05, 0.1) is 11.7 Å². The van der Waals surface area contributed by atoms with Gasteiger partial charge in [-0.15, -0.1) is 0 Å². The monoisotopic (exact) mass is 276 g/mol. The number of hydrogen-bond donors (Lipinski definition) is 1. The zero-order valence-corrected chi connectivity index (χ0v) is 12.4. The summed E-state index contributed by atoms with van der Waals surface area (Å²) < 4.78 is 1.94. The van der Waals surface area contributed by atoms with E-state index in [1.54, 1.807) is 0 Å². The summed E-state index contributed by atoms with van der Waals surface area (Å²) in [4.78, 5) is 11.8. The highest BCUT2D eigenvalue weighted by Crippen LogP contribution is 2.30. The lowest BCUT2D eigenvalue weighted by molar-refractivity contribution is 0.249. The molecule has 102 valence electrons. The Morgan fingerprint density at radius 3 is 2.58 bits per heavy atom. The topological polar surface area (TPSA) is 34.9 Å². The Bertz CT molecular complexity index is 609. The van der Waals surface area contributed by atoms with Crippen LogP contribution in [0, 0.1) is 5.41 Å². The maximum atomic E-state index is 11.8. The first-order valence-electron chi connectivity index (χ1n) is 6.71. The molecular formula is C15H20N2OS. The molecule has 1 heterocycles. The Balaban J connectivity index is 2.52. The van der Waals surface area contributed by atoms with Gasteiger partial charge in [-0.2, -0.15) is 17.7 Å². The second-order valence-electron chi connectivity index (χ2n) is 5.05. The first-order chi connectivity index (χ1) is 9.15. The summed E-state index contributed by atoms with van der Waals surface area (Å²) in [5.74, 6) is 0.822. The molecule has 0 aliphatic heterocycles. The fraction of sp³-hybridized carbons (Fsp3) is 0.467. The number of benzene rings is 1. The van der Waals surface area contributed by atoms with Gasteiger partial charge in [0.25, 0.3) is 0 Å². The Kier molecular flexibility index (Phi) is 4.30. The SMILES string of the molecule is CCC(CC)(CS)Cn1ncc(=O)c2ccccc21. The van der Waals surface area contributed by atoms with Crippen molar-refractivity contribution < 1.29 is 0 Å². The highest BCUT2D eigenvalue weighted by molar-refractivity contribution is 7.80. The van der Waals surface area contributed by atoms with Crippen molar-refractivity contribution >= 4 is 23.5 Å². The summed E-state index contributed by atoms with van der Waals surface area (Å²) in [7, 11) is 0. The fourth-order valence-electron chi connectivity index (χ4n) is 2.35. The molecule has 19 heavy (non-hydrogen) atoms. The van der Waals surface area contributed by atoms with E-state index >= 15 is 0 Å². The highest BCUT2D eigenvalue weighted by atomic mass is 32.1. The average Bonchev–Trinajstić information content (AvgIpc) is 2.48. The average molecular weight is 276 g/mol. The van der Waals surface area contributed by atoms with Gasteiger partial charge in [0, 0.05) is 11.9 Å². The van der Waals surface area contributed by atoms with Gasteiger partial charge < -0.3 is 0 Å². The van der Waals surface area contributed by atoms with E-state index in [1.807, 2.05) is 28.9 Å². The fourth-order valence-corrected chi connectivity index (χ4v) is 2.90. The van der Waals surface area contributed by atoms with Crippen molar-refractivity contribution in [2.45, 2.75) is 33.2 Å². The quantitative estimate of drug-likeness (QED) is 0.851. The molecule has 0 bridgehead atoms. The summed E-state index contributed by atoms with van der Waals surface area (Å²) >= 11 is 4.50. The largest absolute Gasteiger partial charge is 0.287 e. The number of hydrogen-bond acceptors (Lipinski definition) is 3. The molecule has 0 N–H and O–H groups in total. The van der Waals surface area contributed by atoms with Crippen molar-refractivity contribution in [1.29, 1.82) is 0 Å². The molecule has 0 unspecified atom stereocenters. The second-order valence-corrected chi connectivity index (χ2v) is 5.37. The third-order valence-corrected chi connectivity index (χ3v) is 4.75. The predicted molar refractivity (Wildman–Crippen MR) is 82.9 cm³/mol. The first-order valence-corrected chi connectivity index (χ1v) is 7.35. The lowest BCUT2D eigenvalue weighted by Gasteiger charge is -2.30. The van der Waals surface area contributed by atoms with Crippen molar-refractivity contribution in [2.75, 3.05) is 5.75 Å². The maximum Gasteiger partial charge on any atom is 0.207 e. The molecule has 2 aromatic rings. The van der Waals surface area contributed by atoms with Gasteiger partial charge in [-0.3, -0.25) is 9.48 Å². The molecule has 0 spiro atoms. The number of thiol groups is 1. The summed E-state index contributed by atoms with van der Waals surface area (Å²) in [5, 5.41) is 5.04. The number of aromatic nitrogens is 2. The first kappa shape index (κ1) is 14.1. The van der Waals surface area contributed by atoms with Gasteiger partial charge in [-0.1, -0.05) is 26.0 Å². The molecule has 0 saturated heterocycles.